The smallest absolute Gasteiger partial charge is 0.119 e. The van der Waals surface area contributed by atoms with Gasteiger partial charge >= 0.3 is 0 Å². The van der Waals surface area contributed by atoms with Gasteiger partial charge in [-0.15, -0.1) is 0 Å². The zero-order chi connectivity index (χ0) is 13.9. The van der Waals surface area contributed by atoms with Crippen molar-refractivity contribution in [2.24, 2.45) is 5.92 Å². The van der Waals surface area contributed by atoms with Crippen LogP contribution in [0, 0.1) is 5.92 Å². The average molecular weight is 275 g/mol. The molecule has 0 bridgehead atoms. The molecule has 0 heterocycles. The van der Waals surface area contributed by atoms with Crippen LogP contribution in [0.2, 0.25) is 0 Å². The molecule has 3 heteroatoms. The number of aryl methyl sites for hydroxylation is 1. The second kappa shape index (κ2) is 6.15. The molecule has 110 valence electrons. The molecule has 2 aliphatic carbocycles. The Morgan fingerprint density at radius 3 is 2.95 bits per heavy atom. The Kier molecular flexibility index (Phi) is 4.27. The first kappa shape index (κ1) is 13.9. The van der Waals surface area contributed by atoms with Gasteiger partial charge in [-0.25, -0.2) is 0 Å². The number of methoxy groups -OCH3 is 1. The third-order valence-corrected chi connectivity index (χ3v) is 4.83. The summed E-state index contributed by atoms with van der Waals surface area (Å²) in [6.45, 7) is 1.03. The van der Waals surface area contributed by atoms with Crippen molar-refractivity contribution in [3.63, 3.8) is 0 Å². The molecule has 2 N–H and O–H groups in total. The van der Waals surface area contributed by atoms with Crippen LogP contribution in [0.15, 0.2) is 18.2 Å². The minimum atomic E-state index is -0.0651. The van der Waals surface area contributed by atoms with Crippen LogP contribution in [0.4, 0.5) is 0 Å². The van der Waals surface area contributed by atoms with Gasteiger partial charge in [-0.2, -0.15) is 0 Å². The molecule has 0 aromatic heterocycles. The Bertz CT molecular complexity index is 460. The summed E-state index contributed by atoms with van der Waals surface area (Å²) in [4.78, 5) is 0. The Morgan fingerprint density at radius 2 is 2.20 bits per heavy atom. The number of nitrogens with one attached hydrogen (secondary N) is 1. The largest absolute Gasteiger partial charge is 0.497 e. The second-order valence-electron chi connectivity index (χ2n) is 6.25. The minimum Gasteiger partial charge on any atom is -0.497 e. The molecule has 3 nitrogen and oxygen atoms in total. The van der Waals surface area contributed by atoms with Crippen molar-refractivity contribution in [3.8, 4) is 5.75 Å². The summed E-state index contributed by atoms with van der Waals surface area (Å²) < 4.78 is 5.32. The molecule has 1 aromatic rings. The molecule has 1 aromatic carbocycles. The minimum absolute atomic E-state index is 0.0651. The average Bonchev–Trinajstić information content (AvgIpc) is 2.90. The second-order valence-corrected chi connectivity index (χ2v) is 6.25. The summed E-state index contributed by atoms with van der Waals surface area (Å²) in [5.41, 5.74) is 2.87. The van der Waals surface area contributed by atoms with Crippen LogP contribution < -0.4 is 10.1 Å². The predicted molar refractivity (Wildman–Crippen MR) is 80.0 cm³/mol. The van der Waals surface area contributed by atoms with E-state index in [1.165, 1.54) is 24.0 Å². The zero-order valence-corrected chi connectivity index (χ0v) is 12.3. The number of aliphatic hydroxyl groups excluding tert-OH is 1. The van der Waals surface area contributed by atoms with Crippen molar-refractivity contribution < 1.29 is 9.84 Å². The molecular formula is C17H25NO2. The van der Waals surface area contributed by atoms with Gasteiger partial charge in [-0.1, -0.05) is 6.07 Å². The molecule has 0 saturated heterocycles. The quantitative estimate of drug-likeness (QED) is 0.888. The summed E-state index contributed by atoms with van der Waals surface area (Å²) >= 11 is 0. The Morgan fingerprint density at radius 1 is 1.30 bits per heavy atom. The number of hydrogen-bond acceptors (Lipinski definition) is 3. The summed E-state index contributed by atoms with van der Waals surface area (Å²) in [5, 5.41) is 13.3. The number of benzene rings is 1. The van der Waals surface area contributed by atoms with Gasteiger partial charge in [0.05, 0.1) is 13.2 Å². The van der Waals surface area contributed by atoms with Crippen molar-refractivity contribution in [1.82, 2.24) is 5.32 Å². The molecule has 3 rings (SSSR count). The fourth-order valence-electron chi connectivity index (χ4n) is 3.67. The molecule has 1 fully saturated rings. The van der Waals surface area contributed by atoms with Crippen molar-refractivity contribution >= 4 is 0 Å². The number of ether oxygens (including phenoxy) is 1. The number of hydrogen-bond donors (Lipinski definition) is 2. The molecule has 0 spiro atoms. The van der Waals surface area contributed by atoms with Crippen LogP contribution in [0.5, 0.6) is 5.75 Å². The molecule has 0 radical (unpaired) electrons. The van der Waals surface area contributed by atoms with E-state index in [0.717, 1.165) is 38.0 Å². The van der Waals surface area contributed by atoms with Gasteiger partial charge in [-0.3, -0.25) is 0 Å². The molecule has 20 heavy (non-hydrogen) atoms. The lowest BCUT2D eigenvalue weighted by molar-refractivity contribution is 0.177. The Balaban J connectivity index is 1.64. The highest BCUT2D eigenvalue weighted by molar-refractivity contribution is 5.39. The first-order valence-electron chi connectivity index (χ1n) is 7.84. The van der Waals surface area contributed by atoms with Crippen LogP contribution in [0.25, 0.3) is 0 Å². The molecular weight excluding hydrogens is 250 g/mol. The van der Waals surface area contributed by atoms with Crippen LogP contribution in [0.1, 0.15) is 49.3 Å². The third kappa shape index (κ3) is 2.99. The van der Waals surface area contributed by atoms with Crippen LogP contribution in [0.3, 0.4) is 0 Å². The highest BCUT2D eigenvalue weighted by Gasteiger charge is 2.25. The van der Waals surface area contributed by atoms with E-state index in [4.69, 9.17) is 4.74 Å². The topological polar surface area (TPSA) is 41.5 Å². The van der Waals surface area contributed by atoms with E-state index in [1.54, 1.807) is 7.11 Å². The van der Waals surface area contributed by atoms with E-state index in [0.29, 0.717) is 12.0 Å². The summed E-state index contributed by atoms with van der Waals surface area (Å²) in [7, 11) is 1.73. The van der Waals surface area contributed by atoms with Crippen LogP contribution >= 0.6 is 0 Å². The van der Waals surface area contributed by atoms with Gasteiger partial charge in [0.2, 0.25) is 0 Å². The first-order chi connectivity index (χ1) is 9.76. The van der Waals surface area contributed by atoms with E-state index >= 15 is 0 Å². The highest BCUT2D eigenvalue weighted by atomic mass is 16.5. The van der Waals surface area contributed by atoms with Gasteiger partial charge in [0.15, 0.2) is 0 Å². The number of rotatable bonds is 4. The van der Waals surface area contributed by atoms with Crippen molar-refractivity contribution in [1.29, 1.82) is 0 Å². The van der Waals surface area contributed by atoms with E-state index in [1.807, 2.05) is 0 Å². The summed E-state index contributed by atoms with van der Waals surface area (Å²) in [6.07, 6.45) is 6.66. The lowest BCUT2D eigenvalue weighted by atomic mass is 9.87. The van der Waals surface area contributed by atoms with Crippen molar-refractivity contribution in [3.05, 3.63) is 29.3 Å². The normalized spacial score (nSPS) is 29.2. The molecule has 3 atom stereocenters. The summed E-state index contributed by atoms with van der Waals surface area (Å²) in [5.74, 6) is 1.61. The van der Waals surface area contributed by atoms with Crippen molar-refractivity contribution in [2.45, 2.75) is 50.7 Å². The lowest BCUT2D eigenvalue weighted by Crippen LogP contribution is -2.29. The van der Waals surface area contributed by atoms with Crippen LogP contribution in [-0.4, -0.2) is 24.9 Å². The molecule has 0 amide bonds. The van der Waals surface area contributed by atoms with Gasteiger partial charge in [0.1, 0.15) is 5.75 Å². The Hall–Kier alpha value is -1.06. The van der Waals surface area contributed by atoms with E-state index in [9.17, 15) is 5.11 Å². The van der Waals surface area contributed by atoms with Gasteiger partial charge in [-0.05, 0) is 74.2 Å². The van der Waals surface area contributed by atoms with Crippen LogP contribution in [-0.2, 0) is 6.42 Å². The summed E-state index contributed by atoms with van der Waals surface area (Å²) in [6, 6.07) is 6.94. The van der Waals surface area contributed by atoms with Gasteiger partial charge in [0, 0.05) is 6.04 Å². The fraction of sp³-hybridized carbons (Fsp3) is 0.647. The molecule has 1 saturated carbocycles. The molecule has 2 aliphatic rings. The van der Waals surface area contributed by atoms with E-state index in [-0.39, 0.29) is 6.10 Å². The standard InChI is InChI=1S/C17H25NO2/c1-20-15-7-8-16-13(10-15)3-2-4-17(16)18-11-12-5-6-14(19)9-12/h7-8,10,12,14,17-19H,2-6,9,11H2,1H3. The molecule has 0 aliphatic heterocycles. The van der Waals surface area contributed by atoms with Gasteiger partial charge in [0.25, 0.3) is 0 Å². The monoisotopic (exact) mass is 275 g/mol. The first-order valence-corrected chi connectivity index (χ1v) is 7.84. The van der Waals surface area contributed by atoms with Gasteiger partial charge < -0.3 is 15.2 Å². The Labute approximate surface area is 121 Å². The predicted octanol–water partition coefficient (Wildman–Crippen LogP) is 2.82. The maximum atomic E-state index is 9.61. The van der Waals surface area contributed by atoms with E-state index < -0.39 is 0 Å². The number of fused-ring (bicyclic) bond motifs is 1. The lowest BCUT2D eigenvalue weighted by Gasteiger charge is -2.28. The fourth-order valence-corrected chi connectivity index (χ4v) is 3.67. The maximum Gasteiger partial charge on any atom is 0.119 e. The SMILES string of the molecule is COc1ccc2c(c1)CCCC2NCC1CCC(O)C1. The number of aliphatic hydroxyl groups is 1. The van der Waals surface area contributed by atoms with Crippen molar-refractivity contribution in [2.75, 3.05) is 13.7 Å². The third-order valence-electron chi connectivity index (χ3n) is 4.83. The maximum absolute atomic E-state index is 9.61. The van der Waals surface area contributed by atoms with E-state index in [2.05, 4.69) is 23.5 Å². The highest BCUT2D eigenvalue weighted by Crippen LogP contribution is 2.33. The zero-order valence-electron chi connectivity index (χ0n) is 12.3. The molecule has 3 unspecified atom stereocenters.